The normalized spacial score (nSPS) is 10.8. The lowest BCUT2D eigenvalue weighted by Gasteiger charge is -2.07. The molecule has 0 saturated carbocycles. The first-order valence-corrected chi connectivity index (χ1v) is 7.65. The van der Waals surface area contributed by atoms with Crippen molar-refractivity contribution < 1.29 is 14.3 Å². The second-order valence-corrected chi connectivity index (χ2v) is 5.78. The van der Waals surface area contributed by atoms with Crippen molar-refractivity contribution in [2.45, 2.75) is 0 Å². The molecule has 0 aliphatic rings. The van der Waals surface area contributed by atoms with Gasteiger partial charge in [-0.2, -0.15) is 0 Å². The molecule has 0 bridgehead atoms. The number of amides is 1. The van der Waals surface area contributed by atoms with Crippen LogP contribution < -0.4 is 10.3 Å². The maximum absolute atomic E-state index is 11.4. The standard InChI is InChI=1S/C15H10ClNO4S/c16-7-13(19)17-9-3-1-2-8(4-9)11-5-10(18)6-12-14(11)21-15(20)22-12/h1-6,18H,7H2,(H,17,19). The van der Waals surface area contributed by atoms with Crippen molar-refractivity contribution in [1.29, 1.82) is 0 Å². The van der Waals surface area contributed by atoms with Crippen molar-refractivity contribution in [3.8, 4) is 16.9 Å². The SMILES string of the molecule is O=C(CCl)Nc1cccc(-c2cc(O)cc3sc(=O)oc23)c1. The summed E-state index contributed by atoms with van der Waals surface area (Å²) in [5, 5.41) is 12.5. The lowest BCUT2D eigenvalue weighted by Crippen LogP contribution is -2.12. The summed E-state index contributed by atoms with van der Waals surface area (Å²) in [5.41, 5.74) is 2.26. The molecule has 0 saturated heterocycles. The number of rotatable bonds is 3. The molecule has 22 heavy (non-hydrogen) atoms. The van der Waals surface area contributed by atoms with Gasteiger partial charge in [-0.1, -0.05) is 23.5 Å². The fourth-order valence-corrected chi connectivity index (χ4v) is 2.93. The van der Waals surface area contributed by atoms with Gasteiger partial charge >= 0.3 is 4.94 Å². The van der Waals surface area contributed by atoms with Gasteiger partial charge in [0.25, 0.3) is 0 Å². The molecule has 1 aromatic heterocycles. The van der Waals surface area contributed by atoms with E-state index in [1.165, 1.54) is 12.1 Å². The van der Waals surface area contributed by atoms with Crippen LogP contribution in [-0.4, -0.2) is 16.9 Å². The van der Waals surface area contributed by atoms with Crippen LogP contribution in [0.4, 0.5) is 5.69 Å². The first-order chi connectivity index (χ1) is 10.6. The number of benzene rings is 2. The molecule has 3 rings (SSSR count). The summed E-state index contributed by atoms with van der Waals surface area (Å²) in [6.07, 6.45) is 0. The Morgan fingerprint density at radius 1 is 1.32 bits per heavy atom. The third-order valence-electron chi connectivity index (χ3n) is 3.00. The van der Waals surface area contributed by atoms with Gasteiger partial charge in [0.2, 0.25) is 5.91 Å². The van der Waals surface area contributed by atoms with E-state index >= 15 is 0 Å². The summed E-state index contributed by atoms with van der Waals surface area (Å²) in [7, 11) is 0. The maximum Gasteiger partial charge on any atom is 0.396 e. The lowest BCUT2D eigenvalue weighted by molar-refractivity contribution is -0.113. The molecule has 1 heterocycles. The van der Waals surface area contributed by atoms with Crippen LogP contribution >= 0.6 is 22.9 Å². The van der Waals surface area contributed by atoms with Gasteiger partial charge in [-0.25, -0.2) is 4.79 Å². The predicted molar refractivity (Wildman–Crippen MR) is 86.8 cm³/mol. The Hall–Kier alpha value is -2.31. The van der Waals surface area contributed by atoms with Gasteiger partial charge in [-0.3, -0.25) is 4.79 Å². The number of carbonyl (C=O) groups is 1. The van der Waals surface area contributed by atoms with Crippen molar-refractivity contribution in [2.24, 2.45) is 0 Å². The number of fused-ring (bicyclic) bond motifs is 1. The Morgan fingerprint density at radius 3 is 2.91 bits per heavy atom. The predicted octanol–water partition coefficient (Wildman–Crippen LogP) is 3.40. The molecular weight excluding hydrogens is 326 g/mol. The second kappa shape index (κ2) is 5.82. The van der Waals surface area contributed by atoms with E-state index in [2.05, 4.69) is 5.32 Å². The van der Waals surface area contributed by atoms with Crippen LogP contribution in [0.15, 0.2) is 45.6 Å². The van der Waals surface area contributed by atoms with E-state index in [9.17, 15) is 14.7 Å². The third-order valence-corrected chi connectivity index (χ3v) is 4.01. The number of aromatic hydroxyl groups is 1. The Morgan fingerprint density at radius 2 is 2.14 bits per heavy atom. The van der Waals surface area contributed by atoms with E-state index in [4.69, 9.17) is 16.0 Å². The average Bonchev–Trinajstić information content (AvgIpc) is 2.86. The quantitative estimate of drug-likeness (QED) is 0.719. The molecule has 0 aliphatic heterocycles. The van der Waals surface area contributed by atoms with E-state index < -0.39 is 4.94 Å². The van der Waals surface area contributed by atoms with Crippen molar-refractivity contribution in [3.63, 3.8) is 0 Å². The zero-order valence-electron chi connectivity index (χ0n) is 11.1. The van der Waals surface area contributed by atoms with Crippen LogP contribution in [0.2, 0.25) is 0 Å². The molecule has 0 atom stereocenters. The number of alkyl halides is 1. The van der Waals surface area contributed by atoms with E-state index in [0.29, 0.717) is 27.1 Å². The minimum atomic E-state index is -0.437. The fourth-order valence-electron chi connectivity index (χ4n) is 2.14. The zero-order valence-corrected chi connectivity index (χ0v) is 12.7. The molecule has 0 radical (unpaired) electrons. The van der Waals surface area contributed by atoms with Gasteiger partial charge in [0.1, 0.15) is 11.6 Å². The maximum atomic E-state index is 11.4. The summed E-state index contributed by atoms with van der Waals surface area (Å²) < 4.78 is 5.76. The molecule has 0 unspecified atom stereocenters. The Bertz CT molecular complexity index is 915. The summed E-state index contributed by atoms with van der Waals surface area (Å²) >= 11 is 6.39. The summed E-state index contributed by atoms with van der Waals surface area (Å²) in [6, 6.07) is 9.98. The van der Waals surface area contributed by atoms with Crippen LogP contribution in [0.3, 0.4) is 0 Å². The van der Waals surface area contributed by atoms with Crippen LogP contribution in [-0.2, 0) is 4.79 Å². The number of phenolic OH excluding ortho intramolecular Hbond substituents is 1. The van der Waals surface area contributed by atoms with Crippen LogP contribution in [0.5, 0.6) is 5.75 Å². The van der Waals surface area contributed by atoms with Gasteiger partial charge in [0, 0.05) is 17.3 Å². The Labute approximate surface area is 133 Å². The minimum absolute atomic E-state index is 0.0368. The van der Waals surface area contributed by atoms with Gasteiger partial charge < -0.3 is 14.8 Å². The molecule has 3 aromatic rings. The molecule has 0 aliphatic carbocycles. The van der Waals surface area contributed by atoms with Gasteiger partial charge in [-0.15, -0.1) is 11.6 Å². The molecule has 2 aromatic carbocycles. The summed E-state index contributed by atoms with van der Waals surface area (Å²) in [5.74, 6) is -0.420. The highest BCUT2D eigenvalue weighted by Gasteiger charge is 2.12. The number of hydrogen-bond acceptors (Lipinski definition) is 5. The van der Waals surface area contributed by atoms with Crippen molar-refractivity contribution >= 4 is 44.8 Å². The van der Waals surface area contributed by atoms with Gasteiger partial charge in [-0.05, 0) is 23.8 Å². The Balaban J connectivity index is 2.13. The molecule has 1 amide bonds. The second-order valence-electron chi connectivity index (χ2n) is 4.54. The number of nitrogens with one attached hydrogen (secondary N) is 1. The molecule has 5 nitrogen and oxygen atoms in total. The van der Waals surface area contributed by atoms with Crippen LogP contribution in [0.1, 0.15) is 0 Å². The molecule has 2 N–H and O–H groups in total. The Kier molecular flexibility index (Phi) is 3.87. The molecule has 0 spiro atoms. The van der Waals surface area contributed by atoms with Gasteiger partial charge in [0.15, 0.2) is 5.58 Å². The third kappa shape index (κ3) is 2.84. The van der Waals surface area contributed by atoms with E-state index in [1.54, 1.807) is 24.3 Å². The zero-order chi connectivity index (χ0) is 15.7. The monoisotopic (exact) mass is 335 g/mol. The molecule has 0 fully saturated rings. The van der Waals surface area contributed by atoms with Crippen molar-refractivity contribution in [1.82, 2.24) is 0 Å². The minimum Gasteiger partial charge on any atom is -0.508 e. The highest BCUT2D eigenvalue weighted by molar-refractivity contribution is 7.16. The lowest BCUT2D eigenvalue weighted by atomic mass is 10.0. The number of anilines is 1. The van der Waals surface area contributed by atoms with Crippen LogP contribution in [0, 0.1) is 0 Å². The highest BCUT2D eigenvalue weighted by atomic mass is 35.5. The van der Waals surface area contributed by atoms with E-state index in [1.807, 2.05) is 0 Å². The number of halogens is 1. The van der Waals surface area contributed by atoms with Crippen LogP contribution in [0.25, 0.3) is 21.4 Å². The van der Waals surface area contributed by atoms with Crippen molar-refractivity contribution in [3.05, 3.63) is 46.1 Å². The smallest absolute Gasteiger partial charge is 0.396 e. The number of hydrogen-bond donors (Lipinski definition) is 2. The largest absolute Gasteiger partial charge is 0.508 e. The first kappa shape index (κ1) is 14.6. The topological polar surface area (TPSA) is 79.5 Å². The highest BCUT2D eigenvalue weighted by Crippen LogP contribution is 2.34. The average molecular weight is 336 g/mol. The van der Waals surface area contributed by atoms with E-state index in [0.717, 1.165) is 11.3 Å². The van der Waals surface area contributed by atoms with Gasteiger partial charge in [0.05, 0.1) is 4.70 Å². The van der Waals surface area contributed by atoms with Crippen molar-refractivity contribution in [2.75, 3.05) is 11.2 Å². The molecule has 7 heteroatoms. The first-order valence-electron chi connectivity index (χ1n) is 6.30. The molecule has 112 valence electrons. The fraction of sp³-hybridized carbons (Fsp3) is 0.0667. The molecular formula is C15H10ClNO4S. The summed E-state index contributed by atoms with van der Waals surface area (Å²) in [6.45, 7) is 0. The number of carbonyl (C=O) groups excluding carboxylic acids is 1. The summed E-state index contributed by atoms with van der Waals surface area (Å²) in [4.78, 5) is 22.4. The number of phenols is 1. The van der Waals surface area contributed by atoms with E-state index in [-0.39, 0.29) is 17.5 Å².